The molecule has 2 aliphatic heterocycles. The van der Waals surface area contributed by atoms with Gasteiger partial charge in [0.2, 0.25) is 0 Å². The van der Waals surface area contributed by atoms with Crippen molar-refractivity contribution in [3.63, 3.8) is 0 Å². The third-order valence-corrected chi connectivity index (χ3v) is 5.27. The van der Waals surface area contributed by atoms with Crippen LogP contribution in [0.1, 0.15) is 22.3 Å². The van der Waals surface area contributed by atoms with Crippen LogP contribution in [-0.4, -0.2) is 42.7 Å². The smallest absolute Gasteiger partial charge is 0.262 e. The summed E-state index contributed by atoms with van der Waals surface area (Å²) in [6.45, 7) is 1.60. The van der Waals surface area contributed by atoms with E-state index in [4.69, 9.17) is 10.00 Å². The van der Waals surface area contributed by atoms with Crippen molar-refractivity contribution < 1.29 is 19.4 Å². The van der Waals surface area contributed by atoms with E-state index in [9.17, 15) is 14.7 Å². The molecule has 5 N–H and O–H groups in total. The van der Waals surface area contributed by atoms with Gasteiger partial charge < -0.3 is 31.1 Å². The summed E-state index contributed by atoms with van der Waals surface area (Å²) >= 11 is 0. The van der Waals surface area contributed by atoms with Crippen molar-refractivity contribution in [1.82, 2.24) is 10.6 Å². The minimum absolute atomic E-state index is 0.0182. The van der Waals surface area contributed by atoms with Crippen LogP contribution in [0.4, 0.5) is 11.4 Å². The van der Waals surface area contributed by atoms with E-state index in [1.54, 1.807) is 24.3 Å². The van der Waals surface area contributed by atoms with Gasteiger partial charge in [0.05, 0.1) is 23.4 Å². The average Bonchev–Trinajstić information content (AvgIpc) is 2.78. The van der Waals surface area contributed by atoms with Gasteiger partial charge >= 0.3 is 0 Å². The SMILES string of the molecule is N#CC1CNCC(NC(=O)c2cccc(CNc3cc4c(cc3O)NC(=O)CO4)c2)C1. The molecule has 2 aliphatic rings. The van der Waals surface area contributed by atoms with E-state index in [0.717, 1.165) is 5.56 Å². The fourth-order valence-corrected chi connectivity index (χ4v) is 3.70. The maximum absolute atomic E-state index is 12.6. The highest BCUT2D eigenvalue weighted by Gasteiger charge is 2.23. The summed E-state index contributed by atoms with van der Waals surface area (Å²) in [5.41, 5.74) is 2.27. The monoisotopic (exact) mass is 421 g/mol. The Balaban J connectivity index is 1.39. The van der Waals surface area contributed by atoms with Crippen LogP contribution in [0.5, 0.6) is 11.5 Å². The molecule has 1 saturated heterocycles. The lowest BCUT2D eigenvalue weighted by Crippen LogP contribution is -2.48. The quantitative estimate of drug-likeness (QED) is 0.462. The van der Waals surface area contributed by atoms with Gasteiger partial charge in [-0.15, -0.1) is 0 Å². The van der Waals surface area contributed by atoms with E-state index in [0.29, 0.717) is 48.7 Å². The van der Waals surface area contributed by atoms with Crippen LogP contribution in [0.2, 0.25) is 0 Å². The maximum Gasteiger partial charge on any atom is 0.262 e. The van der Waals surface area contributed by atoms with Gasteiger partial charge in [-0.1, -0.05) is 12.1 Å². The zero-order chi connectivity index (χ0) is 21.8. The largest absolute Gasteiger partial charge is 0.506 e. The van der Waals surface area contributed by atoms with E-state index in [2.05, 4.69) is 27.3 Å². The molecule has 2 aromatic carbocycles. The van der Waals surface area contributed by atoms with Crippen LogP contribution in [-0.2, 0) is 11.3 Å². The molecule has 9 nitrogen and oxygen atoms in total. The van der Waals surface area contributed by atoms with Crippen molar-refractivity contribution in [2.24, 2.45) is 5.92 Å². The number of ether oxygens (including phenoxy) is 1. The molecule has 0 saturated carbocycles. The molecular formula is C22H23N5O4. The number of nitrogens with one attached hydrogen (secondary N) is 4. The van der Waals surface area contributed by atoms with Crippen molar-refractivity contribution in [1.29, 1.82) is 5.26 Å². The Bertz CT molecular complexity index is 1050. The van der Waals surface area contributed by atoms with Gasteiger partial charge in [0.15, 0.2) is 6.61 Å². The second-order valence-electron chi connectivity index (χ2n) is 7.65. The molecule has 0 radical (unpaired) electrons. The average molecular weight is 421 g/mol. The zero-order valence-corrected chi connectivity index (χ0v) is 16.8. The maximum atomic E-state index is 12.6. The van der Waals surface area contributed by atoms with Gasteiger partial charge in [-0.25, -0.2) is 0 Å². The molecule has 2 heterocycles. The zero-order valence-electron chi connectivity index (χ0n) is 16.8. The van der Waals surface area contributed by atoms with Crippen LogP contribution in [0.25, 0.3) is 0 Å². The molecule has 4 rings (SSSR count). The number of nitriles is 1. The Kier molecular flexibility index (Phi) is 5.91. The van der Waals surface area contributed by atoms with Gasteiger partial charge in [-0.05, 0) is 24.1 Å². The number of amides is 2. The Hall–Kier alpha value is -3.77. The van der Waals surface area contributed by atoms with Gasteiger partial charge in [-0.2, -0.15) is 5.26 Å². The molecule has 2 atom stereocenters. The normalized spacial score (nSPS) is 19.9. The number of carbonyl (C=O) groups excluding carboxylic acids is 2. The highest BCUT2D eigenvalue weighted by atomic mass is 16.5. The van der Waals surface area contributed by atoms with Gasteiger partial charge in [0, 0.05) is 43.4 Å². The fraction of sp³-hybridized carbons (Fsp3) is 0.318. The molecule has 0 spiro atoms. The number of anilines is 2. The molecular weight excluding hydrogens is 398 g/mol. The lowest BCUT2D eigenvalue weighted by molar-refractivity contribution is -0.118. The number of piperidine rings is 1. The number of hydrogen-bond donors (Lipinski definition) is 5. The van der Waals surface area contributed by atoms with Crippen molar-refractivity contribution in [3.05, 3.63) is 47.5 Å². The standard InChI is InChI=1S/C22H23N5O4/c23-8-14-5-16(11-24-9-14)26-22(30)15-3-1-2-13(4-15)10-25-17-7-20-18(6-19(17)28)27-21(29)12-31-20/h1-4,6-7,14,16,24-25,28H,5,9-12H2,(H,26,30)(H,27,29). The molecule has 2 amide bonds. The molecule has 160 valence electrons. The van der Waals surface area contributed by atoms with Gasteiger partial charge in [-0.3, -0.25) is 9.59 Å². The van der Waals surface area contributed by atoms with Crippen molar-refractivity contribution in [3.8, 4) is 17.6 Å². The summed E-state index contributed by atoms with van der Waals surface area (Å²) in [6, 6.07) is 12.4. The number of carbonyl (C=O) groups is 2. The summed E-state index contributed by atoms with van der Waals surface area (Å²) in [6.07, 6.45) is 0.636. The minimum atomic E-state index is -0.269. The molecule has 1 fully saturated rings. The molecule has 31 heavy (non-hydrogen) atoms. The first kappa shape index (κ1) is 20.5. The molecule has 9 heteroatoms. The Morgan fingerprint density at radius 2 is 2.16 bits per heavy atom. The number of benzene rings is 2. The first-order valence-electron chi connectivity index (χ1n) is 10.1. The summed E-state index contributed by atoms with van der Waals surface area (Å²) in [4.78, 5) is 24.0. The van der Waals surface area contributed by atoms with Crippen LogP contribution < -0.4 is 26.0 Å². The minimum Gasteiger partial charge on any atom is -0.506 e. The lowest BCUT2D eigenvalue weighted by Gasteiger charge is -2.27. The van der Waals surface area contributed by atoms with Crippen molar-refractivity contribution >= 4 is 23.2 Å². The molecule has 2 aromatic rings. The number of aromatic hydroxyl groups is 1. The van der Waals surface area contributed by atoms with E-state index < -0.39 is 0 Å². The summed E-state index contributed by atoms with van der Waals surface area (Å²) < 4.78 is 5.38. The fourth-order valence-electron chi connectivity index (χ4n) is 3.70. The summed E-state index contributed by atoms with van der Waals surface area (Å²) in [5, 5.41) is 31.3. The molecule has 0 aromatic heterocycles. The Morgan fingerprint density at radius 3 is 3.00 bits per heavy atom. The number of rotatable bonds is 5. The van der Waals surface area contributed by atoms with Crippen molar-refractivity contribution in [2.45, 2.75) is 19.0 Å². The number of hydrogen-bond acceptors (Lipinski definition) is 7. The first-order chi connectivity index (χ1) is 15.0. The van der Waals surface area contributed by atoms with Crippen LogP contribution in [0, 0.1) is 17.2 Å². The van der Waals surface area contributed by atoms with E-state index in [-0.39, 0.29) is 36.1 Å². The second kappa shape index (κ2) is 8.93. The lowest BCUT2D eigenvalue weighted by atomic mass is 9.97. The predicted molar refractivity (Wildman–Crippen MR) is 114 cm³/mol. The number of phenolic OH excluding ortho intramolecular Hbond substituents is 1. The molecule has 0 bridgehead atoms. The van der Waals surface area contributed by atoms with E-state index >= 15 is 0 Å². The number of phenols is 1. The van der Waals surface area contributed by atoms with E-state index in [1.807, 2.05) is 6.07 Å². The first-order valence-corrected chi connectivity index (χ1v) is 10.1. The molecule has 2 unspecified atom stereocenters. The summed E-state index contributed by atoms with van der Waals surface area (Å²) in [7, 11) is 0. The van der Waals surface area contributed by atoms with Crippen LogP contribution in [0.3, 0.4) is 0 Å². The highest BCUT2D eigenvalue weighted by Crippen LogP contribution is 2.37. The van der Waals surface area contributed by atoms with E-state index in [1.165, 1.54) is 6.07 Å². The topological polar surface area (TPSA) is 136 Å². The van der Waals surface area contributed by atoms with Crippen LogP contribution in [0.15, 0.2) is 36.4 Å². The summed E-state index contributed by atoms with van der Waals surface area (Å²) in [5.74, 6) is -0.0980. The third kappa shape index (κ3) is 4.87. The highest BCUT2D eigenvalue weighted by molar-refractivity contribution is 5.96. The van der Waals surface area contributed by atoms with Gasteiger partial charge in [0.1, 0.15) is 11.5 Å². The molecule has 0 aliphatic carbocycles. The predicted octanol–water partition coefficient (Wildman–Crippen LogP) is 1.57. The van der Waals surface area contributed by atoms with Gasteiger partial charge in [0.25, 0.3) is 11.8 Å². The number of nitrogens with zero attached hydrogens (tertiary/aromatic N) is 1. The third-order valence-electron chi connectivity index (χ3n) is 5.27. The van der Waals surface area contributed by atoms with Crippen LogP contribution >= 0.6 is 0 Å². The second-order valence-corrected chi connectivity index (χ2v) is 7.65. The Labute approximate surface area is 179 Å². The Morgan fingerprint density at radius 1 is 1.29 bits per heavy atom. The number of fused-ring (bicyclic) bond motifs is 1. The van der Waals surface area contributed by atoms with Crippen molar-refractivity contribution in [2.75, 3.05) is 30.3 Å².